The van der Waals surface area contributed by atoms with Gasteiger partial charge in [-0.05, 0) is 30.6 Å². The van der Waals surface area contributed by atoms with Crippen LogP contribution in [-0.4, -0.2) is 23.0 Å². The van der Waals surface area contributed by atoms with Gasteiger partial charge in [0.2, 0.25) is 0 Å². The molecule has 3 unspecified atom stereocenters. The van der Waals surface area contributed by atoms with Gasteiger partial charge >= 0.3 is 0 Å². The van der Waals surface area contributed by atoms with Crippen molar-refractivity contribution in [2.24, 2.45) is 16.3 Å². The van der Waals surface area contributed by atoms with Gasteiger partial charge in [0, 0.05) is 11.3 Å². The number of thioether (sulfide) groups is 1. The summed E-state index contributed by atoms with van der Waals surface area (Å²) in [6, 6.07) is 0.679. The average Bonchev–Trinajstić information content (AvgIpc) is 2.74. The van der Waals surface area contributed by atoms with E-state index in [1.807, 2.05) is 11.8 Å². The number of amidine groups is 1. The lowest BCUT2D eigenvalue weighted by Crippen LogP contribution is -2.36. The van der Waals surface area contributed by atoms with Crippen LogP contribution in [0, 0.1) is 11.3 Å². The SMILES string of the molecule is CCC1CCCC(NC2=NCC(CC(C)(C)C)S2)C1. The zero-order chi connectivity index (χ0) is 13.9. The van der Waals surface area contributed by atoms with Crippen molar-refractivity contribution in [1.82, 2.24) is 5.32 Å². The highest BCUT2D eigenvalue weighted by atomic mass is 32.2. The Hall–Kier alpha value is -0.180. The fourth-order valence-corrected chi connectivity index (χ4v) is 4.69. The van der Waals surface area contributed by atoms with E-state index in [9.17, 15) is 0 Å². The lowest BCUT2D eigenvalue weighted by Gasteiger charge is -2.29. The van der Waals surface area contributed by atoms with Crippen LogP contribution in [0.5, 0.6) is 0 Å². The van der Waals surface area contributed by atoms with Gasteiger partial charge in [0.1, 0.15) is 0 Å². The molecule has 0 bridgehead atoms. The lowest BCUT2D eigenvalue weighted by atomic mass is 9.84. The molecule has 2 nitrogen and oxygen atoms in total. The molecule has 0 aromatic rings. The first-order valence-corrected chi connectivity index (χ1v) is 8.82. The second kappa shape index (κ2) is 6.51. The molecule has 1 aliphatic carbocycles. The molecule has 1 fully saturated rings. The molecule has 1 saturated carbocycles. The molecule has 0 spiro atoms. The van der Waals surface area contributed by atoms with Crippen LogP contribution in [0.15, 0.2) is 4.99 Å². The highest BCUT2D eigenvalue weighted by Gasteiger charge is 2.27. The van der Waals surface area contributed by atoms with Gasteiger partial charge in [-0.1, -0.05) is 58.7 Å². The van der Waals surface area contributed by atoms with Crippen molar-refractivity contribution in [3.63, 3.8) is 0 Å². The van der Waals surface area contributed by atoms with E-state index in [0.717, 1.165) is 12.5 Å². The number of rotatable bonds is 3. The van der Waals surface area contributed by atoms with Gasteiger partial charge in [0.15, 0.2) is 5.17 Å². The number of hydrogen-bond donors (Lipinski definition) is 1. The number of aliphatic imine (C=N–C) groups is 1. The highest BCUT2D eigenvalue weighted by molar-refractivity contribution is 8.14. The highest BCUT2D eigenvalue weighted by Crippen LogP contribution is 2.33. The van der Waals surface area contributed by atoms with Crippen molar-refractivity contribution in [3.8, 4) is 0 Å². The van der Waals surface area contributed by atoms with Crippen LogP contribution < -0.4 is 5.32 Å². The van der Waals surface area contributed by atoms with Crippen molar-refractivity contribution in [1.29, 1.82) is 0 Å². The maximum atomic E-state index is 4.71. The Morgan fingerprint density at radius 1 is 1.32 bits per heavy atom. The minimum atomic E-state index is 0.417. The van der Waals surface area contributed by atoms with Crippen molar-refractivity contribution in [2.45, 2.75) is 77.5 Å². The molecular formula is C16H30N2S. The molecule has 1 N–H and O–H groups in total. The first-order chi connectivity index (χ1) is 8.96. The van der Waals surface area contributed by atoms with Gasteiger partial charge in [0.25, 0.3) is 0 Å². The molecule has 0 radical (unpaired) electrons. The smallest absolute Gasteiger partial charge is 0.157 e. The van der Waals surface area contributed by atoms with Crippen LogP contribution in [0.1, 0.15) is 66.2 Å². The van der Waals surface area contributed by atoms with Crippen LogP contribution in [0.25, 0.3) is 0 Å². The van der Waals surface area contributed by atoms with Crippen molar-refractivity contribution in [3.05, 3.63) is 0 Å². The summed E-state index contributed by atoms with van der Waals surface area (Å²) in [5.41, 5.74) is 0.417. The molecule has 3 heteroatoms. The fourth-order valence-electron chi connectivity index (χ4n) is 3.25. The third-order valence-corrected chi connectivity index (χ3v) is 5.36. The van der Waals surface area contributed by atoms with E-state index in [-0.39, 0.29) is 0 Å². The molecule has 2 rings (SSSR count). The van der Waals surface area contributed by atoms with Crippen molar-refractivity contribution < 1.29 is 0 Å². The van der Waals surface area contributed by atoms with Crippen LogP contribution in [0.2, 0.25) is 0 Å². The Balaban J connectivity index is 1.75. The molecule has 3 atom stereocenters. The number of nitrogens with one attached hydrogen (secondary N) is 1. The van der Waals surface area contributed by atoms with Crippen molar-refractivity contribution in [2.75, 3.05) is 6.54 Å². The molecule has 110 valence electrons. The summed E-state index contributed by atoms with van der Waals surface area (Å²) in [7, 11) is 0. The Morgan fingerprint density at radius 2 is 2.11 bits per heavy atom. The summed E-state index contributed by atoms with van der Waals surface area (Å²) in [6.45, 7) is 10.3. The number of nitrogens with zero attached hydrogens (tertiary/aromatic N) is 1. The minimum Gasteiger partial charge on any atom is -0.362 e. The molecule has 0 aromatic heterocycles. The van der Waals surface area contributed by atoms with Gasteiger partial charge in [-0.15, -0.1) is 0 Å². The summed E-state index contributed by atoms with van der Waals surface area (Å²) in [6.07, 6.45) is 8.10. The van der Waals surface area contributed by atoms with Gasteiger partial charge in [0.05, 0.1) is 6.54 Å². The maximum Gasteiger partial charge on any atom is 0.157 e. The fraction of sp³-hybridized carbons (Fsp3) is 0.938. The molecule has 1 heterocycles. The molecule has 2 aliphatic rings. The quantitative estimate of drug-likeness (QED) is 0.827. The van der Waals surface area contributed by atoms with E-state index in [1.165, 1.54) is 43.7 Å². The van der Waals surface area contributed by atoms with E-state index < -0.39 is 0 Å². The first kappa shape index (κ1) is 15.2. The van der Waals surface area contributed by atoms with E-state index in [4.69, 9.17) is 4.99 Å². The average molecular weight is 282 g/mol. The zero-order valence-electron chi connectivity index (χ0n) is 13.0. The summed E-state index contributed by atoms with van der Waals surface area (Å²) in [5, 5.41) is 5.62. The standard InChI is InChI=1S/C16H30N2S/c1-5-12-7-6-8-13(9-12)18-15-17-11-14(19-15)10-16(2,3)4/h12-14H,5-11H2,1-4H3,(H,17,18). The summed E-state index contributed by atoms with van der Waals surface area (Å²) < 4.78 is 0. The van der Waals surface area contributed by atoms with Crippen LogP contribution >= 0.6 is 11.8 Å². The largest absolute Gasteiger partial charge is 0.362 e. The first-order valence-electron chi connectivity index (χ1n) is 7.94. The molecule has 1 aliphatic heterocycles. The third kappa shape index (κ3) is 5.02. The lowest BCUT2D eigenvalue weighted by molar-refractivity contribution is 0.300. The molecule has 0 saturated heterocycles. The van der Waals surface area contributed by atoms with Gasteiger partial charge in [-0.2, -0.15) is 0 Å². The van der Waals surface area contributed by atoms with E-state index in [1.54, 1.807) is 0 Å². The van der Waals surface area contributed by atoms with Gasteiger partial charge < -0.3 is 5.32 Å². The molecule has 0 amide bonds. The van der Waals surface area contributed by atoms with E-state index in [2.05, 4.69) is 33.0 Å². The van der Waals surface area contributed by atoms with E-state index in [0.29, 0.717) is 16.7 Å². The zero-order valence-corrected chi connectivity index (χ0v) is 13.9. The monoisotopic (exact) mass is 282 g/mol. The summed E-state index contributed by atoms with van der Waals surface area (Å²) in [4.78, 5) is 4.71. The second-order valence-electron chi connectivity index (χ2n) is 7.43. The maximum absolute atomic E-state index is 4.71. The van der Waals surface area contributed by atoms with Crippen LogP contribution in [0.4, 0.5) is 0 Å². The van der Waals surface area contributed by atoms with Crippen LogP contribution in [-0.2, 0) is 0 Å². The Labute approximate surface area is 123 Å². The summed E-state index contributed by atoms with van der Waals surface area (Å²) in [5.74, 6) is 0.934. The Bertz CT molecular complexity index is 319. The molecule has 19 heavy (non-hydrogen) atoms. The summed E-state index contributed by atoms with van der Waals surface area (Å²) >= 11 is 1.98. The Kier molecular flexibility index (Phi) is 5.22. The predicted molar refractivity (Wildman–Crippen MR) is 86.9 cm³/mol. The normalized spacial score (nSPS) is 32.2. The predicted octanol–water partition coefficient (Wildman–Crippen LogP) is 4.45. The second-order valence-corrected chi connectivity index (χ2v) is 8.72. The van der Waals surface area contributed by atoms with Gasteiger partial charge in [-0.25, -0.2) is 0 Å². The third-order valence-electron chi connectivity index (χ3n) is 4.24. The van der Waals surface area contributed by atoms with Crippen molar-refractivity contribution >= 4 is 16.9 Å². The van der Waals surface area contributed by atoms with Gasteiger partial charge in [-0.3, -0.25) is 4.99 Å². The molecular weight excluding hydrogens is 252 g/mol. The topological polar surface area (TPSA) is 24.4 Å². The van der Waals surface area contributed by atoms with Crippen LogP contribution in [0.3, 0.4) is 0 Å². The number of hydrogen-bond acceptors (Lipinski definition) is 3. The minimum absolute atomic E-state index is 0.417. The molecule has 0 aromatic carbocycles. The van der Waals surface area contributed by atoms with E-state index >= 15 is 0 Å². The Morgan fingerprint density at radius 3 is 2.79 bits per heavy atom.